The van der Waals surface area contributed by atoms with Crippen molar-refractivity contribution in [2.24, 2.45) is 0 Å². The van der Waals surface area contributed by atoms with Crippen LogP contribution in [0.3, 0.4) is 0 Å². The van der Waals surface area contributed by atoms with Crippen LogP contribution in [0.2, 0.25) is 0 Å². The number of para-hydroxylation sites is 1. The monoisotopic (exact) mass is 305 g/mol. The number of thiazole rings is 1. The minimum Gasteiger partial charge on any atom is -0.242 e. The first kappa shape index (κ1) is 10.9. The fourth-order valence-corrected chi connectivity index (χ4v) is 1.81. The number of alkyl halides is 1. The average molecular weight is 305 g/mol. The van der Waals surface area contributed by atoms with Crippen molar-refractivity contribution in [1.82, 2.24) is 4.98 Å². The third kappa shape index (κ3) is 3.23. The Hall–Kier alpha value is -0.160. The highest BCUT2D eigenvalue weighted by Gasteiger charge is 1.95. The predicted molar refractivity (Wildman–Crippen MR) is 68.9 cm³/mol. The largest absolute Gasteiger partial charge is 0.242 e. The number of aryl methyl sites for hydroxylation is 1. The molecule has 1 aromatic heterocycles. The average Bonchev–Trinajstić information content (AvgIpc) is 2.45. The third-order valence-electron chi connectivity index (χ3n) is 1.40. The molecule has 0 unspecified atom stereocenters. The van der Waals surface area contributed by atoms with Gasteiger partial charge < -0.3 is 0 Å². The van der Waals surface area contributed by atoms with E-state index in [-0.39, 0.29) is 0 Å². The second-order valence-electron chi connectivity index (χ2n) is 2.47. The van der Waals surface area contributed by atoms with E-state index in [1.807, 2.05) is 25.1 Å². The number of rotatable bonds is 0. The van der Waals surface area contributed by atoms with Gasteiger partial charge in [-0.15, -0.1) is 11.3 Å². The summed E-state index contributed by atoms with van der Waals surface area (Å²) in [5.41, 5.74) is 1.12. The summed E-state index contributed by atoms with van der Waals surface area (Å²) in [6.07, 6.45) is 0. The standard InChI is InChI=1S/C8H7NS.C2H5I/c1-6-9-7-4-2-3-5-8(7)10-6;1-2-3/h2-5H,1H3;2H2,1H3. The first-order valence-corrected chi connectivity index (χ1v) is 6.50. The van der Waals surface area contributed by atoms with E-state index in [0.29, 0.717) is 0 Å². The van der Waals surface area contributed by atoms with Crippen molar-refractivity contribution in [2.45, 2.75) is 13.8 Å². The fraction of sp³-hybridized carbons (Fsp3) is 0.300. The summed E-state index contributed by atoms with van der Waals surface area (Å²) in [6.45, 7) is 4.14. The maximum Gasteiger partial charge on any atom is 0.0907 e. The van der Waals surface area contributed by atoms with Crippen LogP contribution in [0, 0.1) is 6.92 Å². The van der Waals surface area contributed by atoms with Gasteiger partial charge in [0.25, 0.3) is 0 Å². The first-order chi connectivity index (χ1) is 6.27. The highest BCUT2D eigenvalue weighted by atomic mass is 127. The molecule has 0 aliphatic carbocycles. The van der Waals surface area contributed by atoms with Gasteiger partial charge in [-0.25, -0.2) is 4.98 Å². The minimum atomic E-state index is 1.12. The zero-order valence-corrected chi connectivity index (χ0v) is 10.7. The van der Waals surface area contributed by atoms with Crippen LogP contribution in [0.1, 0.15) is 11.9 Å². The molecule has 3 heteroatoms. The molecule has 0 bridgehead atoms. The van der Waals surface area contributed by atoms with Crippen molar-refractivity contribution in [3.05, 3.63) is 29.3 Å². The Morgan fingerprint density at radius 1 is 1.38 bits per heavy atom. The summed E-state index contributed by atoms with van der Waals surface area (Å²) in [4.78, 5) is 4.33. The molecule has 0 amide bonds. The van der Waals surface area contributed by atoms with Gasteiger partial charge in [0.1, 0.15) is 0 Å². The lowest BCUT2D eigenvalue weighted by Gasteiger charge is -1.80. The number of fused-ring (bicyclic) bond motifs is 1. The van der Waals surface area contributed by atoms with E-state index in [4.69, 9.17) is 0 Å². The molecule has 0 fully saturated rings. The molecule has 0 aliphatic rings. The third-order valence-corrected chi connectivity index (χ3v) is 2.35. The maximum atomic E-state index is 4.33. The molecule has 2 rings (SSSR count). The van der Waals surface area contributed by atoms with Gasteiger partial charge in [-0.05, 0) is 23.5 Å². The molecule has 0 atom stereocenters. The van der Waals surface area contributed by atoms with Crippen LogP contribution in [0.5, 0.6) is 0 Å². The summed E-state index contributed by atoms with van der Waals surface area (Å²) in [7, 11) is 0. The normalized spacial score (nSPS) is 9.46. The second kappa shape index (κ2) is 5.54. The Bertz CT molecular complexity index is 337. The molecule has 0 N–H and O–H groups in total. The molecular formula is C10H12INS. The zero-order valence-electron chi connectivity index (χ0n) is 7.75. The van der Waals surface area contributed by atoms with Gasteiger partial charge in [0.15, 0.2) is 0 Å². The van der Waals surface area contributed by atoms with E-state index in [9.17, 15) is 0 Å². The molecule has 2 aromatic rings. The summed E-state index contributed by atoms with van der Waals surface area (Å²) >= 11 is 4.03. The predicted octanol–water partition coefficient (Wildman–Crippen LogP) is 4.05. The van der Waals surface area contributed by atoms with E-state index in [2.05, 4.69) is 40.6 Å². The van der Waals surface area contributed by atoms with Crippen molar-refractivity contribution < 1.29 is 0 Å². The van der Waals surface area contributed by atoms with Crippen LogP contribution < -0.4 is 0 Å². The van der Waals surface area contributed by atoms with Gasteiger partial charge >= 0.3 is 0 Å². The van der Waals surface area contributed by atoms with E-state index >= 15 is 0 Å². The molecular weight excluding hydrogens is 293 g/mol. The van der Waals surface area contributed by atoms with Gasteiger partial charge in [-0.3, -0.25) is 0 Å². The Labute approximate surface area is 96.3 Å². The highest BCUT2D eigenvalue weighted by molar-refractivity contribution is 14.1. The van der Waals surface area contributed by atoms with Gasteiger partial charge in [-0.1, -0.05) is 41.6 Å². The van der Waals surface area contributed by atoms with Crippen molar-refractivity contribution in [3.63, 3.8) is 0 Å². The summed E-state index contributed by atoms with van der Waals surface area (Å²) in [6, 6.07) is 8.19. The minimum absolute atomic E-state index is 1.12. The molecule has 0 aliphatic heterocycles. The molecule has 1 heterocycles. The SMILES string of the molecule is CCI.Cc1nc2ccccc2s1. The maximum absolute atomic E-state index is 4.33. The van der Waals surface area contributed by atoms with Crippen LogP contribution >= 0.6 is 33.9 Å². The molecule has 1 nitrogen and oxygen atoms in total. The number of halogens is 1. The van der Waals surface area contributed by atoms with Gasteiger partial charge in [-0.2, -0.15) is 0 Å². The molecule has 70 valence electrons. The fourth-order valence-electron chi connectivity index (χ4n) is 0.987. The van der Waals surface area contributed by atoms with Crippen LogP contribution in [0.25, 0.3) is 10.2 Å². The smallest absolute Gasteiger partial charge is 0.0907 e. The quantitative estimate of drug-likeness (QED) is 0.528. The van der Waals surface area contributed by atoms with Crippen molar-refractivity contribution in [1.29, 1.82) is 0 Å². The lowest BCUT2D eigenvalue weighted by molar-refractivity contribution is 1.35. The van der Waals surface area contributed by atoms with Crippen LogP contribution in [0.4, 0.5) is 0 Å². The van der Waals surface area contributed by atoms with Gasteiger partial charge in [0.2, 0.25) is 0 Å². The molecule has 1 aromatic carbocycles. The van der Waals surface area contributed by atoms with Crippen LogP contribution in [-0.4, -0.2) is 9.41 Å². The van der Waals surface area contributed by atoms with Crippen molar-refractivity contribution in [3.8, 4) is 0 Å². The number of hydrogen-bond donors (Lipinski definition) is 0. The van der Waals surface area contributed by atoms with E-state index in [0.717, 1.165) is 10.5 Å². The molecule has 0 saturated carbocycles. The summed E-state index contributed by atoms with van der Waals surface area (Å²) in [5, 5.41) is 1.14. The van der Waals surface area contributed by atoms with Crippen LogP contribution in [-0.2, 0) is 0 Å². The summed E-state index contributed by atoms with van der Waals surface area (Å²) < 4.78 is 2.50. The number of nitrogens with zero attached hydrogens (tertiary/aromatic N) is 1. The molecule has 13 heavy (non-hydrogen) atoms. The van der Waals surface area contributed by atoms with Gasteiger partial charge in [0, 0.05) is 0 Å². The number of aromatic nitrogens is 1. The number of hydrogen-bond acceptors (Lipinski definition) is 2. The van der Waals surface area contributed by atoms with E-state index in [1.165, 1.54) is 9.13 Å². The first-order valence-electron chi connectivity index (χ1n) is 4.16. The number of benzene rings is 1. The molecule has 0 radical (unpaired) electrons. The summed E-state index contributed by atoms with van der Waals surface area (Å²) in [5.74, 6) is 0. The Kier molecular flexibility index (Phi) is 4.66. The lowest BCUT2D eigenvalue weighted by Crippen LogP contribution is -1.65. The van der Waals surface area contributed by atoms with Crippen molar-refractivity contribution in [2.75, 3.05) is 4.43 Å². The van der Waals surface area contributed by atoms with Crippen LogP contribution in [0.15, 0.2) is 24.3 Å². The Balaban J connectivity index is 0.000000251. The second-order valence-corrected chi connectivity index (χ2v) is 5.23. The Morgan fingerprint density at radius 3 is 2.62 bits per heavy atom. The van der Waals surface area contributed by atoms with Gasteiger partial charge in [0.05, 0.1) is 15.2 Å². The zero-order chi connectivity index (χ0) is 9.68. The molecule has 0 saturated heterocycles. The topological polar surface area (TPSA) is 12.9 Å². The Morgan fingerprint density at radius 2 is 2.00 bits per heavy atom. The lowest BCUT2D eigenvalue weighted by atomic mass is 10.3. The van der Waals surface area contributed by atoms with E-state index < -0.39 is 0 Å². The van der Waals surface area contributed by atoms with E-state index in [1.54, 1.807) is 11.3 Å². The van der Waals surface area contributed by atoms with Crippen molar-refractivity contribution >= 4 is 44.1 Å². The highest BCUT2D eigenvalue weighted by Crippen LogP contribution is 2.19. The molecule has 0 spiro atoms.